The molecule has 126 valence electrons. The highest BCUT2D eigenvalue weighted by atomic mass is 127. The van der Waals surface area contributed by atoms with Gasteiger partial charge in [-0.1, -0.05) is 30.3 Å². The second-order valence-electron chi connectivity index (χ2n) is 4.88. The third-order valence-electron chi connectivity index (χ3n) is 3.16. The van der Waals surface area contributed by atoms with Crippen LogP contribution in [0.1, 0.15) is 11.1 Å². The molecule has 0 unspecified atom stereocenters. The van der Waals surface area contributed by atoms with Gasteiger partial charge in [0, 0.05) is 37.7 Å². The van der Waals surface area contributed by atoms with Crippen molar-refractivity contribution in [2.24, 2.45) is 4.99 Å². The fourth-order valence-corrected chi connectivity index (χ4v) is 2.34. The number of benzene rings is 1. The Bertz CT molecular complexity index is 585. The summed E-state index contributed by atoms with van der Waals surface area (Å²) in [5, 5.41) is 11.0. The van der Waals surface area contributed by atoms with Gasteiger partial charge >= 0.3 is 0 Å². The fourth-order valence-electron chi connectivity index (χ4n) is 2.03. The molecule has 1 aromatic heterocycles. The third kappa shape index (κ3) is 7.26. The molecule has 0 aliphatic carbocycles. The van der Waals surface area contributed by atoms with Crippen LogP contribution in [0.25, 0.3) is 0 Å². The van der Waals surface area contributed by atoms with Gasteiger partial charge in [0.25, 0.3) is 0 Å². The first-order valence-corrected chi connectivity index (χ1v) is 8.70. The molecule has 7 heteroatoms. The number of thioether (sulfide) groups is 1. The van der Waals surface area contributed by atoms with Crippen LogP contribution < -0.4 is 10.6 Å². The van der Waals surface area contributed by atoms with E-state index in [1.165, 1.54) is 5.56 Å². The Morgan fingerprint density at radius 1 is 1.22 bits per heavy atom. The lowest BCUT2D eigenvalue weighted by molar-refractivity contribution is 0.685. The maximum Gasteiger partial charge on any atom is 0.191 e. The van der Waals surface area contributed by atoms with Crippen molar-refractivity contribution >= 4 is 41.7 Å². The average molecular weight is 445 g/mol. The molecule has 0 radical (unpaired) electrons. The van der Waals surface area contributed by atoms with Crippen molar-refractivity contribution in [1.82, 2.24) is 20.4 Å². The van der Waals surface area contributed by atoms with Gasteiger partial charge in [0.1, 0.15) is 0 Å². The fraction of sp³-hybridized carbons (Fsp3) is 0.375. The number of aliphatic imine (C=N–C) groups is 1. The summed E-state index contributed by atoms with van der Waals surface area (Å²) in [6.07, 6.45) is 6.05. The van der Waals surface area contributed by atoms with Crippen molar-refractivity contribution in [2.45, 2.75) is 13.1 Å². The van der Waals surface area contributed by atoms with E-state index in [1.807, 2.05) is 40.8 Å². The molecule has 0 saturated carbocycles. The molecule has 0 saturated heterocycles. The van der Waals surface area contributed by atoms with Crippen molar-refractivity contribution < 1.29 is 0 Å². The maximum atomic E-state index is 4.40. The van der Waals surface area contributed by atoms with E-state index >= 15 is 0 Å². The van der Waals surface area contributed by atoms with E-state index in [4.69, 9.17) is 0 Å². The molecule has 2 N–H and O–H groups in total. The summed E-state index contributed by atoms with van der Waals surface area (Å²) < 4.78 is 1.95. The molecule has 2 rings (SSSR count). The Morgan fingerprint density at radius 2 is 2.00 bits per heavy atom. The summed E-state index contributed by atoms with van der Waals surface area (Å²) in [6.45, 7) is 2.42. The number of halogens is 1. The number of hydrogen-bond acceptors (Lipinski definition) is 3. The van der Waals surface area contributed by atoms with E-state index in [0.29, 0.717) is 6.54 Å². The van der Waals surface area contributed by atoms with Gasteiger partial charge < -0.3 is 10.6 Å². The van der Waals surface area contributed by atoms with Gasteiger partial charge in [-0.3, -0.25) is 9.67 Å². The summed E-state index contributed by atoms with van der Waals surface area (Å²) in [5.41, 5.74) is 2.39. The van der Waals surface area contributed by atoms with Crippen LogP contribution in [0.3, 0.4) is 0 Å². The standard InChI is InChI=1S/C16H23N5S.HI/c1-17-16(18-8-9-22-2)19-10-15-11-20-21(13-15)12-14-6-4-3-5-7-14;/h3-7,11,13H,8-10,12H2,1-2H3,(H2,17,18,19);1H. The van der Waals surface area contributed by atoms with Crippen LogP contribution in [0.4, 0.5) is 0 Å². The van der Waals surface area contributed by atoms with Crippen molar-refractivity contribution in [3.8, 4) is 0 Å². The Morgan fingerprint density at radius 3 is 2.70 bits per heavy atom. The zero-order chi connectivity index (χ0) is 15.6. The van der Waals surface area contributed by atoms with E-state index in [9.17, 15) is 0 Å². The number of rotatable bonds is 7. The number of nitrogens with one attached hydrogen (secondary N) is 2. The second kappa shape index (κ2) is 11.3. The highest BCUT2D eigenvalue weighted by Crippen LogP contribution is 2.03. The highest BCUT2D eigenvalue weighted by molar-refractivity contribution is 14.0. The van der Waals surface area contributed by atoms with E-state index < -0.39 is 0 Å². The molecule has 0 aliphatic heterocycles. The number of nitrogens with zero attached hydrogens (tertiary/aromatic N) is 3. The molecule has 23 heavy (non-hydrogen) atoms. The Hall–Kier alpha value is -1.22. The van der Waals surface area contributed by atoms with Crippen molar-refractivity contribution in [2.75, 3.05) is 25.6 Å². The van der Waals surface area contributed by atoms with Gasteiger partial charge in [-0.25, -0.2) is 0 Å². The Balaban J connectivity index is 0.00000264. The van der Waals surface area contributed by atoms with Crippen LogP contribution in [0.2, 0.25) is 0 Å². The molecule has 0 spiro atoms. The first kappa shape index (κ1) is 19.8. The summed E-state index contributed by atoms with van der Waals surface area (Å²) in [7, 11) is 1.78. The van der Waals surface area contributed by atoms with Crippen LogP contribution in [0.15, 0.2) is 47.7 Å². The molecule has 0 amide bonds. The van der Waals surface area contributed by atoms with Crippen molar-refractivity contribution in [3.05, 3.63) is 53.9 Å². The van der Waals surface area contributed by atoms with E-state index in [2.05, 4.69) is 45.3 Å². The summed E-state index contributed by atoms with van der Waals surface area (Å²) in [6, 6.07) is 10.3. The van der Waals surface area contributed by atoms with Gasteiger partial charge in [-0.05, 0) is 11.8 Å². The van der Waals surface area contributed by atoms with E-state index in [0.717, 1.165) is 30.4 Å². The van der Waals surface area contributed by atoms with Gasteiger partial charge in [0.2, 0.25) is 0 Å². The van der Waals surface area contributed by atoms with Crippen LogP contribution >= 0.6 is 35.7 Å². The van der Waals surface area contributed by atoms with Crippen LogP contribution in [0.5, 0.6) is 0 Å². The van der Waals surface area contributed by atoms with Crippen molar-refractivity contribution in [3.63, 3.8) is 0 Å². The number of aromatic nitrogens is 2. The highest BCUT2D eigenvalue weighted by Gasteiger charge is 2.01. The molecule has 2 aromatic rings. The average Bonchev–Trinajstić information content (AvgIpc) is 2.99. The topological polar surface area (TPSA) is 54.2 Å². The minimum absolute atomic E-state index is 0. The van der Waals surface area contributed by atoms with Gasteiger partial charge in [-0.15, -0.1) is 24.0 Å². The third-order valence-corrected chi connectivity index (χ3v) is 3.77. The zero-order valence-electron chi connectivity index (χ0n) is 13.5. The Labute approximate surface area is 159 Å². The SMILES string of the molecule is CN=C(NCCSC)NCc1cnn(Cc2ccccc2)c1.I. The van der Waals surface area contributed by atoms with E-state index in [1.54, 1.807) is 7.05 Å². The molecular formula is C16H24IN5S. The Kier molecular flexibility index (Phi) is 9.77. The predicted octanol–water partition coefficient (Wildman–Crippen LogP) is 2.58. The maximum absolute atomic E-state index is 4.40. The molecule has 0 fully saturated rings. The first-order valence-electron chi connectivity index (χ1n) is 7.30. The summed E-state index contributed by atoms with van der Waals surface area (Å²) in [4.78, 5) is 4.21. The minimum atomic E-state index is 0. The molecule has 0 atom stereocenters. The second-order valence-corrected chi connectivity index (χ2v) is 5.86. The van der Waals surface area contributed by atoms with Crippen molar-refractivity contribution in [1.29, 1.82) is 0 Å². The summed E-state index contributed by atoms with van der Waals surface area (Å²) >= 11 is 1.81. The largest absolute Gasteiger partial charge is 0.356 e. The van der Waals surface area contributed by atoms with Crippen LogP contribution in [-0.2, 0) is 13.1 Å². The number of hydrogen-bond donors (Lipinski definition) is 2. The zero-order valence-corrected chi connectivity index (χ0v) is 16.7. The molecule has 5 nitrogen and oxygen atoms in total. The quantitative estimate of drug-likeness (QED) is 0.298. The van der Waals surface area contributed by atoms with Gasteiger partial charge in [0.15, 0.2) is 5.96 Å². The summed E-state index contributed by atoms with van der Waals surface area (Å²) in [5.74, 6) is 1.89. The smallest absolute Gasteiger partial charge is 0.191 e. The minimum Gasteiger partial charge on any atom is -0.356 e. The lowest BCUT2D eigenvalue weighted by Gasteiger charge is -2.10. The van der Waals surface area contributed by atoms with Crippen LogP contribution in [-0.4, -0.2) is 41.3 Å². The first-order chi connectivity index (χ1) is 10.8. The lowest BCUT2D eigenvalue weighted by atomic mass is 10.2. The van der Waals surface area contributed by atoms with Crippen LogP contribution in [0, 0.1) is 0 Å². The van der Waals surface area contributed by atoms with E-state index in [-0.39, 0.29) is 24.0 Å². The predicted molar refractivity (Wildman–Crippen MR) is 110 cm³/mol. The molecular weight excluding hydrogens is 421 g/mol. The lowest BCUT2D eigenvalue weighted by Crippen LogP contribution is -2.37. The number of guanidine groups is 1. The molecule has 0 aliphatic rings. The normalized spacial score (nSPS) is 11.0. The molecule has 1 heterocycles. The molecule has 0 bridgehead atoms. The van der Waals surface area contributed by atoms with Gasteiger partial charge in [0.05, 0.1) is 12.7 Å². The van der Waals surface area contributed by atoms with Gasteiger partial charge in [-0.2, -0.15) is 16.9 Å². The molecule has 1 aromatic carbocycles. The monoisotopic (exact) mass is 445 g/mol.